The third kappa shape index (κ3) is 2.60. The molecule has 1 fully saturated rings. The Morgan fingerprint density at radius 2 is 2.44 bits per heavy atom. The van der Waals surface area contributed by atoms with E-state index in [1.54, 1.807) is 12.1 Å². The van der Waals surface area contributed by atoms with Crippen LogP contribution < -0.4 is 0 Å². The van der Waals surface area contributed by atoms with Crippen LogP contribution in [-0.4, -0.2) is 38.3 Å². The summed E-state index contributed by atoms with van der Waals surface area (Å²) in [6.45, 7) is 1.55. The molecule has 2 atom stereocenters. The molecule has 2 unspecified atom stereocenters. The van der Waals surface area contributed by atoms with Gasteiger partial charge in [0.25, 0.3) is 0 Å². The van der Waals surface area contributed by atoms with Gasteiger partial charge < -0.3 is 5.11 Å². The van der Waals surface area contributed by atoms with Crippen LogP contribution in [-0.2, 0) is 11.0 Å². The van der Waals surface area contributed by atoms with Crippen molar-refractivity contribution >= 4 is 22.6 Å². The molecule has 1 aromatic heterocycles. The van der Waals surface area contributed by atoms with Gasteiger partial charge in [-0.25, -0.2) is 13.5 Å². The van der Waals surface area contributed by atoms with E-state index in [4.69, 9.17) is 16.7 Å². The molecule has 6 heteroatoms. The molecule has 16 heavy (non-hydrogen) atoms. The summed E-state index contributed by atoms with van der Waals surface area (Å²) in [7, 11) is -1.24. The van der Waals surface area contributed by atoms with E-state index in [-0.39, 0.29) is 12.5 Å². The van der Waals surface area contributed by atoms with Crippen molar-refractivity contribution in [1.82, 2.24) is 9.29 Å². The predicted octanol–water partition coefficient (Wildman–Crippen LogP) is 1.07. The maximum Gasteiger partial charge on any atom is 0.146 e. The van der Waals surface area contributed by atoms with Crippen LogP contribution in [0.15, 0.2) is 23.4 Å². The second-order valence-electron chi connectivity index (χ2n) is 3.79. The first-order valence-electron chi connectivity index (χ1n) is 5.10. The Kier molecular flexibility index (Phi) is 3.91. The van der Waals surface area contributed by atoms with Crippen molar-refractivity contribution < 1.29 is 9.32 Å². The number of aliphatic hydroxyl groups excluding tert-OH is 1. The minimum Gasteiger partial charge on any atom is -0.396 e. The smallest absolute Gasteiger partial charge is 0.146 e. The number of hydrogen-bond donors (Lipinski definition) is 1. The molecule has 2 rings (SSSR count). The molecular weight excluding hydrogens is 248 g/mol. The quantitative estimate of drug-likeness (QED) is 0.885. The number of nitrogens with zero attached hydrogens (tertiary/aromatic N) is 2. The van der Waals surface area contributed by atoms with Crippen LogP contribution in [0.2, 0.25) is 5.02 Å². The molecule has 1 aromatic rings. The summed E-state index contributed by atoms with van der Waals surface area (Å²) in [6, 6.07) is 3.35. The van der Waals surface area contributed by atoms with Gasteiger partial charge in [0, 0.05) is 25.9 Å². The first-order valence-corrected chi connectivity index (χ1v) is 6.58. The molecule has 1 aliphatic heterocycles. The SMILES string of the molecule is O=S(c1ccc(Cl)cn1)N1CCC(CO)C1. The normalized spacial score (nSPS) is 23.5. The molecule has 1 aliphatic rings. The molecule has 0 aromatic carbocycles. The van der Waals surface area contributed by atoms with Crippen LogP contribution in [0.4, 0.5) is 0 Å². The predicted molar refractivity (Wildman–Crippen MR) is 62.4 cm³/mol. The van der Waals surface area contributed by atoms with E-state index >= 15 is 0 Å². The largest absolute Gasteiger partial charge is 0.396 e. The van der Waals surface area contributed by atoms with Crippen molar-refractivity contribution in [2.45, 2.75) is 11.4 Å². The molecule has 1 saturated heterocycles. The maximum absolute atomic E-state index is 12.1. The fourth-order valence-electron chi connectivity index (χ4n) is 1.69. The Morgan fingerprint density at radius 1 is 1.62 bits per heavy atom. The van der Waals surface area contributed by atoms with Crippen LogP contribution in [0.5, 0.6) is 0 Å². The summed E-state index contributed by atoms with van der Waals surface area (Å²) >= 11 is 5.71. The zero-order valence-electron chi connectivity index (χ0n) is 8.67. The van der Waals surface area contributed by atoms with Crippen molar-refractivity contribution in [3.8, 4) is 0 Å². The van der Waals surface area contributed by atoms with E-state index in [1.807, 2.05) is 4.31 Å². The third-order valence-electron chi connectivity index (χ3n) is 2.62. The van der Waals surface area contributed by atoms with Crippen LogP contribution in [0.1, 0.15) is 6.42 Å². The second-order valence-corrected chi connectivity index (χ2v) is 5.66. The molecule has 88 valence electrons. The summed E-state index contributed by atoms with van der Waals surface area (Å²) < 4.78 is 13.9. The monoisotopic (exact) mass is 260 g/mol. The summed E-state index contributed by atoms with van der Waals surface area (Å²) in [6.07, 6.45) is 2.38. The van der Waals surface area contributed by atoms with Gasteiger partial charge in [-0.15, -0.1) is 0 Å². The molecule has 0 radical (unpaired) electrons. The van der Waals surface area contributed by atoms with Gasteiger partial charge in [-0.05, 0) is 24.5 Å². The summed E-state index contributed by atoms with van der Waals surface area (Å²) in [5, 5.41) is 10.1. The first kappa shape index (κ1) is 12.0. The van der Waals surface area contributed by atoms with Crippen LogP contribution >= 0.6 is 11.6 Å². The van der Waals surface area contributed by atoms with Crippen molar-refractivity contribution in [3.05, 3.63) is 23.4 Å². The zero-order valence-corrected chi connectivity index (χ0v) is 10.2. The highest BCUT2D eigenvalue weighted by molar-refractivity contribution is 7.82. The minimum absolute atomic E-state index is 0.155. The molecule has 1 N–H and O–H groups in total. The molecule has 0 bridgehead atoms. The second kappa shape index (κ2) is 5.23. The van der Waals surface area contributed by atoms with E-state index in [2.05, 4.69) is 4.98 Å². The Balaban J connectivity index is 2.05. The maximum atomic E-state index is 12.1. The van der Waals surface area contributed by atoms with Crippen molar-refractivity contribution in [2.75, 3.05) is 19.7 Å². The Labute approximate surface area is 102 Å². The van der Waals surface area contributed by atoms with E-state index in [0.717, 1.165) is 13.0 Å². The molecule has 0 spiro atoms. The topological polar surface area (TPSA) is 53.4 Å². The van der Waals surface area contributed by atoms with Gasteiger partial charge in [-0.2, -0.15) is 0 Å². The average molecular weight is 261 g/mol. The number of hydrogen-bond acceptors (Lipinski definition) is 3. The standard InChI is InChI=1S/C10H13ClN2O2S/c11-9-1-2-10(12-5-9)16(15)13-4-3-8(6-13)7-14/h1-2,5,8,14H,3-4,6-7H2. The lowest BCUT2D eigenvalue weighted by atomic mass is 10.1. The van der Waals surface area contributed by atoms with E-state index in [9.17, 15) is 4.21 Å². The Bertz CT molecular complexity index is 385. The van der Waals surface area contributed by atoms with Crippen molar-refractivity contribution in [3.63, 3.8) is 0 Å². The highest BCUT2D eigenvalue weighted by Crippen LogP contribution is 2.20. The highest BCUT2D eigenvalue weighted by Gasteiger charge is 2.26. The van der Waals surface area contributed by atoms with Gasteiger partial charge in [0.15, 0.2) is 0 Å². The van der Waals surface area contributed by atoms with Gasteiger partial charge in [0.2, 0.25) is 0 Å². The van der Waals surface area contributed by atoms with Crippen LogP contribution in [0.3, 0.4) is 0 Å². The lowest BCUT2D eigenvalue weighted by Gasteiger charge is -2.13. The van der Waals surface area contributed by atoms with Crippen molar-refractivity contribution in [1.29, 1.82) is 0 Å². The minimum atomic E-state index is -1.24. The van der Waals surface area contributed by atoms with Gasteiger partial charge in [0.05, 0.1) is 5.02 Å². The van der Waals surface area contributed by atoms with Gasteiger partial charge >= 0.3 is 0 Å². The fourth-order valence-corrected chi connectivity index (χ4v) is 3.02. The third-order valence-corrected chi connectivity index (χ3v) is 4.24. The van der Waals surface area contributed by atoms with E-state index < -0.39 is 11.0 Å². The van der Waals surface area contributed by atoms with Crippen LogP contribution in [0, 0.1) is 5.92 Å². The number of rotatable bonds is 3. The van der Waals surface area contributed by atoms with Crippen molar-refractivity contribution in [2.24, 2.45) is 5.92 Å². The molecule has 0 saturated carbocycles. The van der Waals surface area contributed by atoms with E-state index in [0.29, 0.717) is 16.6 Å². The molecular formula is C10H13ClN2O2S. The van der Waals surface area contributed by atoms with Gasteiger partial charge in [-0.1, -0.05) is 11.6 Å². The Hall–Kier alpha value is -0.490. The summed E-state index contributed by atoms with van der Waals surface area (Å²) in [5.41, 5.74) is 0. The summed E-state index contributed by atoms with van der Waals surface area (Å²) in [5.74, 6) is 0.233. The molecule has 4 nitrogen and oxygen atoms in total. The Morgan fingerprint density at radius 3 is 3.00 bits per heavy atom. The van der Waals surface area contributed by atoms with Gasteiger partial charge in [0.1, 0.15) is 16.0 Å². The molecule has 0 aliphatic carbocycles. The lowest BCUT2D eigenvalue weighted by molar-refractivity contribution is 0.233. The zero-order chi connectivity index (χ0) is 11.5. The molecule has 2 heterocycles. The first-order chi connectivity index (χ1) is 7.70. The highest BCUT2D eigenvalue weighted by atomic mass is 35.5. The van der Waals surface area contributed by atoms with E-state index in [1.165, 1.54) is 6.20 Å². The number of aliphatic hydroxyl groups is 1. The van der Waals surface area contributed by atoms with Gasteiger partial charge in [-0.3, -0.25) is 0 Å². The number of aromatic nitrogens is 1. The molecule has 0 amide bonds. The lowest BCUT2D eigenvalue weighted by Crippen LogP contribution is -2.24. The average Bonchev–Trinajstić information content (AvgIpc) is 2.77. The van der Waals surface area contributed by atoms with Crippen LogP contribution in [0.25, 0.3) is 0 Å². The number of halogens is 1. The summed E-state index contributed by atoms with van der Waals surface area (Å²) in [4.78, 5) is 4.04. The fraction of sp³-hybridized carbons (Fsp3) is 0.500. The number of pyridine rings is 1.